The van der Waals surface area contributed by atoms with Crippen LogP contribution >= 0.6 is 0 Å². The minimum atomic E-state index is -2.65. The van der Waals surface area contributed by atoms with Crippen LogP contribution in [0.1, 0.15) is 19.4 Å². The lowest BCUT2D eigenvalue weighted by molar-refractivity contribution is 0.197. The first-order valence-electron chi connectivity index (χ1n) is 3.88. The van der Waals surface area contributed by atoms with Gasteiger partial charge in [-0.05, 0) is 13.8 Å². The van der Waals surface area contributed by atoms with Gasteiger partial charge in [-0.1, -0.05) is 0 Å². The van der Waals surface area contributed by atoms with Gasteiger partial charge in [0.05, 0.1) is 5.56 Å². The van der Waals surface area contributed by atoms with Gasteiger partial charge in [0.15, 0.2) is 23.3 Å². The highest BCUT2D eigenvalue weighted by Gasteiger charge is 2.34. The third-order valence-corrected chi connectivity index (χ3v) is 1.80. The molecule has 0 unspecified atom stereocenters. The van der Waals surface area contributed by atoms with Crippen LogP contribution in [-0.2, 0) is 5.67 Å². The summed E-state index contributed by atoms with van der Waals surface area (Å²) in [7, 11) is 0. The van der Waals surface area contributed by atoms with E-state index in [0.29, 0.717) is 13.8 Å². The first kappa shape index (κ1) is 11.9. The average molecular weight is 228 g/mol. The van der Waals surface area contributed by atoms with Gasteiger partial charge in [-0.2, -0.15) is 0 Å². The first-order chi connectivity index (χ1) is 6.68. The van der Waals surface area contributed by atoms with E-state index < -0.39 is 40.3 Å². The highest BCUT2D eigenvalue weighted by atomic mass is 19.2. The fourth-order valence-electron chi connectivity index (χ4n) is 1.13. The fourth-order valence-corrected chi connectivity index (χ4v) is 1.13. The minimum Gasteiger partial charge on any atom is -0.239 e. The minimum absolute atomic E-state index is 0.700. The predicted molar refractivity (Wildman–Crippen MR) is 40.4 cm³/mol. The van der Waals surface area contributed by atoms with Crippen molar-refractivity contribution in [3.05, 3.63) is 34.6 Å². The summed E-state index contributed by atoms with van der Waals surface area (Å²) in [5, 5.41) is 0. The molecule has 84 valence electrons. The van der Waals surface area contributed by atoms with Gasteiger partial charge in [-0.3, -0.25) is 0 Å². The monoisotopic (exact) mass is 228 g/mol. The molecule has 1 aromatic rings. The molecule has 0 aromatic heterocycles. The van der Waals surface area contributed by atoms with Crippen molar-refractivity contribution in [3.63, 3.8) is 0 Å². The molecule has 0 atom stereocenters. The van der Waals surface area contributed by atoms with Gasteiger partial charge in [0.2, 0.25) is 5.82 Å². The number of hydrogen-bond donors (Lipinski definition) is 0. The summed E-state index contributed by atoms with van der Waals surface area (Å²) in [4.78, 5) is 0. The Bertz CT molecular complexity index is 375. The van der Waals surface area contributed by atoms with E-state index in [-0.39, 0.29) is 0 Å². The van der Waals surface area contributed by atoms with Crippen molar-refractivity contribution < 1.29 is 26.3 Å². The zero-order chi connectivity index (χ0) is 12.0. The van der Waals surface area contributed by atoms with E-state index in [1.807, 2.05) is 0 Å². The second kappa shape index (κ2) is 3.43. The second-order valence-electron chi connectivity index (χ2n) is 3.42. The summed E-state index contributed by atoms with van der Waals surface area (Å²) in [6, 6.07) is 0. The summed E-state index contributed by atoms with van der Waals surface area (Å²) in [6.07, 6.45) is 0. The van der Waals surface area contributed by atoms with Crippen molar-refractivity contribution in [1.82, 2.24) is 0 Å². The highest BCUT2D eigenvalue weighted by molar-refractivity contribution is 5.28. The van der Waals surface area contributed by atoms with Crippen LogP contribution in [0.4, 0.5) is 26.3 Å². The van der Waals surface area contributed by atoms with E-state index in [2.05, 4.69) is 0 Å². The number of hydrogen-bond acceptors (Lipinski definition) is 0. The molecular weight excluding hydrogens is 222 g/mol. The quantitative estimate of drug-likeness (QED) is 0.391. The lowest BCUT2D eigenvalue weighted by Gasteiger charge is -2.17. The summed E-state index contributed by atoms with van der Waals surface area (Å²) >= 11 is 0. The van der Waals surface area contributed by atoms with Crippen LogP contribution < -0.4 is 0 Å². The maximum atomic E-state index is 13.2. The van der Waals surface area contributed by atoms with Crippen molar-refractivity contribution >= 4 is 0 Å². The molecular formula is C9H6F6. The average Bonchev–Trinajstić information content (AvgIpc) is 2.09. The maximum absolute atomic E-state index is 13.2. The van der Waals surface area contributed by atoms with Crippen LogP contribution in [0, 0.1) is 29.1 Å². The molecule has 0 saturated carbocycles. The molecule has 6 heteroatoms. The molecule has 0 nitrogen and oxygen atoms in total. The van der Waals surface area contributed by atoms with Crippen LogP contribution in [0.15, 0.2) is 0 Å². The van der Waals surface area contributed by atoms with Crippen LogP contribution in [-0.4, -0.2) is 0 Å². The summed E-state index contributed by atoms with van der Waals surface area (Å²) < 4.78 is 76.8. The van der Waals surface area contributed by atoms with Gasteiger partial charge < -0.3 is 0 Å². The molecule has 15 heavy (non-hydrogen) atoms. The summed E-state index contributed by atoms with van der Waals surface area (Å²) in [5.74, 6) is -10.9. The zero-order valence-electron chi connectivity index (χ0n) is 7.77. The maximum Gasteiger partial charge on any atom is 0.200 e. The van der Waals surface area contributed by atoms with E-state index in [9.17, 15) is 26.3 Å². The smallest absolute Gasteiger partial charge is 0.200 e. The van der Waals surface area contributed by atoms with Crippen LogP contribution in [0.5, 0.6) is 0 Å². The SMILES string of the molecule is CC(C)(F)c1c(F)c(F)c(F)c(F)c1F. The molecule has 1 rings (SSSR count). The van der Waals surface area contributed by atoms with Crippen LogP contribution in [0.25, 0.3) is 0 Å². The normalized spacial score (nSPS) is 12.0. The van der Waals surface area contributed by atoms with Gasteiger partial charge in [-0.15, -0.1) is 0 Å². The van der Waals surface area contributed by atoms with Gasteiger partial charge >= 0.3 is 0 Å². The van der Waals surface area contributed by atoms with Crippen molar-refractivity contribution in [2.45, 2.75) is 19.5 Å². The Kier molecular flexibility index (Phi) is 2.71. The Morgan fingerprint density at radius 1 is 0.667 bits per heavy atom. The summed E-state index contributed by atoms with van der Waals surface area (Å²) in [5.41, 5.74) is -4.11. The molecule has 0 aliphatic carbocycles. The van der Waals surface area contributed by atoms with Gasteiger partial charge in [-0.25, -0.2) is 26.3 Å². The van der Waals surface area contributed by atoms with E-state index in [1.165, 1.54) is 0 Å². The molecule has 0 saturated heterocycles. The van der Waals surface area contributed by atoms with Crippen LogP contribution in [0.2, 0.25) is 0 Å². The van der Waals surface area contributed by atoms with Gasteiger partial charge in [0, 0.05) is 0 Å². The van der Waals surface area contributed by atoms with E-state index in [4.69, 9.17) is 0 Å². The molecule has 1 aromatic carbocycles. The third-order valence-electron chi connectivity index (χ3n) is 1.80. The number of halogens is 6. The molecule has 0 radical (unpaired) electrons. The molecule has 0 bridgehead atoms. The molecule has 0 aliphatic rings. The van der Waals surface area contributed by atoms with Crippen molar-refractivity contribution in [1.29, 1.82) is 0 Å². The standard InChI is InChI=1S/C9H6F6/c1-9(2,15)3-4(10)6(12)8(14)7(13)5(3)11/h1-2H3. The lowest BCUT2D eigenvalue weighted by Crippen LogP contribution is -2.18. The molecule has 0 fully saturated rings. The fraction of sp³-hybridized carbons (Fsp3) is 0.333. The first-order valence-corrected chi connectivity index (χ1v) is 3.88. The van der Waals surface area contributed by atoms with Crippen molar-refractivity contribution in [2.75, 3.05) is 0 Å². The van der Waals surface area contributed by atoms with Gasteiger partial charge in [0.25, 0.3) is 0 Å². The number of rotatable bonds is 1. The van der Waals surface area contributed by atoms with Crippen molar-refractivity contribution in [2.24, 2.45) is 0 Å². The highest BCUT2D eigenvalue weighted by Crippen LogP contribution is 2.33. The molecule has 0 heterocycles. The Hall–Kier alpha value is -1.20. The molecule has 0 aliphatic heterocycles. The van der Waals surface area contributed by atoms with E-state index in [1.54, 1.807) is 0 Å². The van der Waals surface area contributed by atoms with Crippen molar-refractivity contribution in [3.8, 4) is 0 Å². The Balaban J connectivity index is 3.68. The predicted octanol–water partition coefficient (Wildman–Crippen LogP) is 3.59. The van der Waals surface area contributed by atoms with E-state index >= 15 is 0 Å². The molecule has 0 amide bonds. The molecule has 0 N–H and O–H groups in total. The Labute approximate surface area is 81.5 Å². The third kappa shape index (κ3) is 1.80. The lowest BCUT2D eigenvalue weighted by atomic mass is 9.98. The topological polar surface area (TPSA) is 0 Å². The summed E-state index contributed by atoms with van der Waals surface area (Å²) in [6.45, 7) is 1.40. The number of benzene rings is 1. The largest absolute Gasteiger partial charge is 0.239 e. The van der Waals surface area contributed by atoms with Gasteiger partial charge in [0.1, 0.15) is 5.67 Å². The number of alkyl halides is 1. The van der Waals surface area contributed by atoms with E-state index in [0.717, 1.165) is 0 Å². The second-order valence-corrected chi connectivity index (χ2v) is 3.42. The zero-order valence-corrected chi connectivity index (χ0v) is 7.77. The Morgan fingerprint density at radius 3 is 1.20 bits per heavy atom. The van der Waals surface area contributed by atoms with Crippen LogP contribution in [0.3, 0.4) is 0 Å². The molecule has 0 spiro atoms. The Morgan fingerprint density at radius 2 is 0.933 bits per heavy atom.